The van der Waals surface area contributed by atoms with Gasteiger partial charge >= 0.3 is 0 Å². The molecule has 2 aliphatic heterocycles. The van der Waals surface area contributed by atoms with Gasteiger partial charge < -0.3 is 9.32 Å². The van der Waals surface area contributed by atoms with Gasteiger partial charge in [-0.25, -0.2) is 0 Å². The fraction of sp³-hybridized carbons (Fsp3) is 0.467. The highest BCUT2D eigenvalue weighted by atomic mass is 79.9. The summed E-state index contributed by atoms with van der Waals surface area (Å²) < 4.78 is 8.07. The van der Waals surface area contributed by atoms with Crippen molar-refractivity contribution < 1.29 is 9.21 Å². The molecular formula is C15H16BrN3O2. The summed E-state index contributed by atoms with van der Waals surface area (Å²) in [6.07, 6.45) is 7.95. The van der Waals surface area contributed by atoms with Crippen LogP contribution in [0.2, 0.25) is 0 Å². The van der Waals surface area contributed by atoms with Gasteiger partial charge in [0.1, 0.15) is 0 Å². The van der Waals surface area contributed by atoms with Gasteiger partial charge in [-0.3, -0.25) is 9.48 Å². The molecule has 2 fully saturated rings. The number of piperidine rings is 1. The van der Waals surface area contributed by atoms with Crippen molar-refractivity contribution in [2.24, 2.45) is 0 Å². The first kappa shape index (κ1) is 13.1. The van der Waals surface area contributed by atoms with Crippen molar-refractivity contribution in [1.82, 2.24) is 14.7 Å². The Morgan fingerprint density at radius 2 is 2.00 bits per heavy atom. The topological polar surface area (TPSA) is 51.3 Å². The van der Waals surface area contributed by atoms with E-state index < -0.39 is 0 Å². The van der Waals surface area contributed by atoms with E-state index in [0.717, 1.165) is 25.7 Å². The highest BCUT2D eigenvalue weighted by Crippen LogP contribution is 2.41. The highest BCUT2D eigenvalue weighted by molar-refractivity contribution is 9.10. The Morgan fingerprint density at radius 3 is 2.57 bits per heavy atom. The molecule has 0 aliphatic carbocycles. The molecule has 5 nitrogen and oxygen atoms in total. The number of hydrogen-bond acceptors (Lipinski definition) is 3. The lowest BCUT2D eigenvalue weighted by atomic mass is 9.97. The Kier molecular flexibility index (Phi) is 3.14. The van der Waals surface area contributed by atoms with E-state index in [4.69, 9.17) is 4.42 Å². The van der Waals surface area contributed by atoms with Crippen LogP contribution >= 0.6 is 15.9 Å². The van der Waals surface area contributed by atoms with E-state index in [0.29, 0.717) is 28.6 Å². The predicted octanol–water partition coefficient (Wildman–Crippen LogP) is 3.25. The maximum atomic E-state index is 12.7. The second-order valence-electron chi connectivity index (χ2n) is 5.81. The van der Waals surface area contributed by atoms with E-state index in [2.05, 4.69) is 21.0 Å². The summed E-state index contributed by atoms with van der Waals surface area (Å²) in [6, 6.07) is 6.48. The van der Waals surface area contributed by atoms with E-state index >= 15 is 0 Å². The SMILES string of the molecule is O=C(c1ccc(Br)o1)N1C2CCC1CC(n1cccn1)C2. The average molecular weight is 350 g/mol. The van der Waals surface area contributed by atoms with Crippen molar-refractivity contribution in [3.63, 3.8) is 0 Å². The first-order valence-corrected chi connectivity index (χ1v) is 8.09. The molecule has 2 unspecified atom stereocenters. The van der Waals surface area contributed by atoms with Crippen LogP contribution in [0.4, 0.5) is 0 Å². The van der Waals surface area contributed by atoms with Crippen molar-refractivity contribution in [3.8, 4) is 0 Å². The van der Waals surface area contributed by atoms with E-state index in [1.165, 1.54) is 0 Å². The van der Waals surface area contributed by atoms with Gasteiger partial charge in [0.15, 0.2) is 10.4 Å². The minimum Gasteiger partial charge on any atom is -0.444 e. The number of fused-ring (bicyclic) bond motifs is 2. The molecule has 6 heteroatoms. The number of amides is 1. The predicted molar refractivity (Wildman–Crippen MR) is 79.9 cm³/mol. The maximum absolute atomic E-state index is 12.7. The Balaban J connectivity index is 1.55. The lowest BCUT2D eigenvalue weighted by molar-refractivity contribution is 0.0491. The van der Waals surface area contributed by atoms with Crippen LogP contribution in [-0.2, 0) is 0 Å². The number of furan rings is 1. The summed E-state index contributed by atoms with van der Waals surface area (Å²) in [5, 5.41) is 4.36. The largest absolute Gasteiger partial charge is 0.444 e. The number of aromatic nitrogens is 2. The molecule has 21 heavy (non-hydrogen) atoms. The molecule has 4 heterocycles. The van der Waals surface area contributed by atoms with E-state index in [1.807, 2.05) is 28.0 Å². The Bertz CT molecular complexity index is 638. The fourth-order valence-corrected chi connectivity index (χ4v) is 4.06. The molecule has 1 amide bonds. The van der Waals surface area contributed by atoms with E-state index in [9.17, 15) is 4.79 Å². The van der Waals surface area contributed by atoms with Gasteiger partial charge in [0, 0.05) is 24.5 Å². The van der Waals surface area contributed by atoms with Gasteiger partial charge in [0.05, 0.1) is 6.04 Å². The highest BCUT2D eigenvalue weighted by Gasteiger charge is 2.44. The molecule has 2 aromatic rings. The second-order valence-corrected chi connectivity index (χ2v) is 6.59. The quantitative estimate of drug-likeness (QED) is 0.836. The van der Waals surface area contributed by atoms with Gasteiger partial charge in [-0.1, -0.05) is 0 Å². The van der Waals surface area contributed by atoms with Gasteiger partial charge in [0.2, 0.25) is 0 Å². The summed E-state index contributed by atoms with van der Waals surface area (Å²) in [7, 11) is 0. The molecule has 2 bridgehead atoms. The van der Waals surface area contributed by atoms with Crippen LogP contribution in [0, 0.1) is 0 Å². The van der Waals surface area contributed by atoms with E-state index in [1.54, 1.807) is 12.1 Å². The molecule has 2 saturated heterocycles. The lowest BCUT2D eigenvalue weighted by Gasteiger charge is -2.38. The molecule has 2 aliphatic rings. The first-order valence-electron chi connectivity index (χ1n) is 7.29. The Morgan fingerprint density at radius 1 is 1.24 bits per heavy atom. The van der Waals surface area contributed by atoms with Crippen molar-refractivity contribution in [1.29, 1.82) is 0 Å². The Hall–Kier alpha value is -1.56. The van der Waals surface area contributed by atoms with Crippen molar-refractivity contribution in [2.45, 2.75) is 43.8 Å². The number of hydrogen-bond donors (Lipinski definition) is 0. The van der Waals surface area contributed by atoms with Gasteiger partial charge in [0.25, 0.3) is 5.91 Å². The molecule has 0 radical (unpaired) electrons. The molecule has 4 rings (SSSR count). The summed E-state index contributed by atoms with van der Waals surface area (Å²) in [4.78, 5) is 14.7. The fourth-order valence-electron chi connectivity index (χ4n) is 3.75. The lowest BCUT2D eigenvalue weighted by Crippen LogP contribution is -2.46. The minimum atomic E-state index is 0.0205. The maximum Gasteiger partial charge on any atom is 0.290 e. The first-order chi connectivity index (χ1) is 10.2. The van der Waals surface area contributed by atoms with Crippen LogP contribution in [0.3, 0.4) is 0 Å². The number of halogens is 1. The summed E-state index contributed by atoms with van der Waals surface area (Å²) in [5.74, 6) is 0.448. The third-order valence-corrected chi connectivity index (χ3v) is 5.05. The minimum absolute atomic E-state index is 0.0205. The number of carbonyl (C=O) groups is 1. The van der Waals surface area contributed by atoms with Crippen LogP contribution in [0.15, 0.2) is 39.7 Å². The van der Waals surface area contributed by atoms with Gasteiger partial charge in [-0.05, 0) is 59.8 Å². The van der Waals surface area contributed by atoms with Crippen molar-refractivity contribution in [3.05, 3.63) is 41.0 Å². The molecule has 0 N–H and O–H groups in total. The third kappa shape index (κ3) is 2.21. The Labute approximate surface area is 131 Å². The van der Waals surface area contributed by atoms with Crippen LogP contribution in [-0.4, -0.2) is 32.7 Å². The molecule has 2 aromatic heterocycles. The summed E-state index contributed by atoms with van der Waals surface area (Å²) in [6.45, 7) is 0. The van der Waals surface area contributed by atoms with Crippen LogP contribution in [0.25, 0.3) is 0 Å². The summed E-state index contributed by atoms with van der Waals surface area (Å²) >= 11 is 3.26. The van der Waals surface area contributed by atoms with Crippen molar-refractivity contribution >= 4 is 21.8 Å². The van der Waals surface area contributed by atoms with Crippen LogP contribution in [0.5, 0.6) is 0 Å². The zero-order valence-electron chi connectivity index (χ0n) is 11.5. The standard InChI is InChI=1S/C15H16BrN3O2/c16-14-5-4-13(21-14)15(20)19-10-2-3-11(19)9-12(8-10)18-7-1-6-17-18/h1,4-7,10-12H,2-3,8-9H2. The normalized spacial score (nSPS) is 28.0. The molecule has 0 aromatic carbocycles. The second kappa shape index (κ2) is 5.02. The molecule has 2 atom stereocenters. The van der Waals surface area contributed by atoms with Crippen LogP contribution < -0.4 is 0 Å². The smallest absolute Gasteiger partial charge is 0.290 e. The number of rotatable bonds is 2. The molecule has 110 valence electrons. The van der Waals surface area contributed by atoms with E-state index in [-0.39, 0.29) is 5.91 Å². The van der Waals surface area contributed by atoms with Gasteiger partial charge in [-0.2, -0.15) is 5.10 Å². The number of carbonyl (C=O) groups excluding carboxylic acids is 1. The molecule has 0 spiro atoms. The van der Waals surface area contributed by atoms with Gasteiger partial charge in [-0.15, -0.1) is 0 Å². The third-order valence-electron chi connectivity index (χ3n) is 4.63. The summed E-state index contributed by atoms with van der Waals surface area (Å²) in [5.41, 5.74) is 0. The van der Waals surface area contributed by atoms with Crippen LogP contribution in [0.1, 0.15) is 42.3 Å². The molecule has 0 saturated carbocycles. The average Bonchev–Trinajstić information content (AvgIpc) is 3.18. The zero-order valence-corrected chi connectivity index (χ0v) is 13.1. The monoisotopic (exact) mass is 349 g/mol. The zero-order chi connectivity index (χ0) is 14.4. The molecular weight excluding hydrogens is 334 g/mol. The van der Waals surface area contributed by atoms with Crippen molar-refractivity contribution in [2.75, 3.05) is 0 Å². The number of nitrogens with zero attached hydrogens (tertiary/aromatic N) is 3.